The Kier molecular flexibility index (Phi) is 7.51. The van der Waals surface area contributed by atoms with Gasteiger partial charge in [-0.05, 0) is 61.1 Å². The van der Waals surface area contributed by atoms with Crippen molar-refractivity contribution in [3.63, 3.8) is 0 Å². The predicted molar refractivity (Wildman–Crippen MR) is 120 cm³/mol. The Morgan fingerprint density at radius 1 is 1.13 bits per heavy atom. The third-order valence-electron chi connectivity index (χ3n) is 5.77. The molecule has 2 aromatic carbocycles. The van der Waals surface area contributed by atoms with Crippen molar-refractivity contribution in [2.75, 3.05) is 13.2 Å². The summed E-state index contributed by atoms with van der Waals surface area (Å²) in [5.41, 5.74) is 3.11. The second kappa shape index (κ2) is 10.3. The quantitative estimate of drug-likeness (QED) is 0.595. The molecule has 4 atom stereocenters. The van der Waals surface area contributed by atoms with Crippen molar-refractivity contribution >= 4 is 11.6 Å². The molecule has 1 aliphatic heterocycles. The normalized spacial score (nSPS) is 24.7. The van der Waals surface area contributed by atoms with Crippen LogP contribution < -0.4 is 4.74 Å². The van der Waals surface area contributed by atoms with Gasteiger partial charge >= 0.3 is 0 Å². The number of aliphatic hydroxyl groups excluding tert-OH is 2. The zero-order valence-electron chi connectivity index (χ0n) is 17.9. The molecule has 2 aliphatic rings. The highest BCUT2D eigenvalue weighted by molar-refractivity contribution is 6.31. The highest BCUT2D eigenvalue weighted by Crippen LogP contribution is 2.34. The number of halogens is 1. The van der Waals surface area contributed by atoms with E-state index in [1.54, 1.807) is 0 Å². The summed E-state index contributed by atoms with van der Waals surface area (Å²) in [7, 11) is 0. The largest absolute Gasteiger partial charge is 0.491 e. The number of ether oxygens (including phenoxy) is 3. The number of hydrogen-bond donors (Lipinski definition) is 2. The minimum Gasteiger partial charge on any atom is -0.491 e. The number of benzene rings is 2. The van der Waals surface area contributed by atoms with Gasteiger partial charge < -0.3 is 24.4 Å². The van der Waals surface area contributed by atoms with Crippen molar-refractivity contribution < 1.29 is 24.4 Å². The number of hydrogen-bond acceptors (Lipinski definition) is 5. The van der Waals surface area contributed by atoms with E-state index in [4.69, 9.17) is 25.8 Å². The van der Waals surface area contributed by atoms with Crippen molar-refractivity contribution in [1.82, 2.24) is 0 Å². The van der Waals surface area contributed by atoms with Gasteiger partial charge in [-0.1, -0.05) is 35.9 Å². The second-order valence-corrected chi connectivity index (χ2v) is 9.09. The fourth-order valence-corrected chi connectivity index (χ4v) is 4.15. The molecule has 6 heteroatoms. The van der Waals surface area contributed by atoms with E-state index in [1.165, 1.54) is 0 Å². The Hall–Kier alpha value is -1.63. The Balaban J connectivity index is 1.37. The van der Waals surface area contributed by atoms with E-state index in [-0.39, 0.29) is 24.9 Å². The van der Waals surface area contributed by atoms with E-state index in [0.29, 0.717) is 37.0 Å². The van der Waals surface area contributed by atoms with Crippen molar-refractivity contribution in [2.45, 2.75) is 69.5 Å². The monoisotopic (exact) mass is 446 g/mol. The van der Waals surface area contributed by atoms with Crippen LogP contribution in [0.4, 0.5) is 0 Å². The minimum atomic E-state index is -0.472. The second-order valence-electron chi connectivity index (χ2n) is 8.68. The maximum Gasteiger partial charge on any atom is 0.119 e. The molecule has 3 unspecified atom stereocenters. The summed E-state index contributed by atoms with van der Waals surface area (Å²) in [5, 5.41) is 20.2. The molecule has 1 saturated carbocycles. The van der Waals surface area contributed by atoms with Gasteiger partial charge in [0.05, 0.1) is 37.1 Å². The topological polar surface area (TPSA) is 68.2 Å². The Morgan fingerprint density at radius 3 is 2.61 bits per heavy atom. The van der Waals surface area contributed by atoms with Gasteiger partial charge in [0.1, 0.15) is 12.4 Å². The molecule has 0 bridgehead atoms. The van der Waals surface area contributed by atoms with E-state index < -0.39 is 6.10 Å². The highest BCUT2D eigenvalue weighted by Gasteiger charge is 2.29. The fourth-order valence-electron chi connectivity index (χ4n) is 3.96. The molecule has 1 saturated heterocycles. The SMILES string of the molecule is CC(COc1ccc(Cc2cc([C@H]3CC(O)CC(CO)O3)ccc2Cl)cc1)OC1CC1. The van der Waals surface area contributed by atoms with Gasteiger partial charge in [0, 0.05) is 17.9 Å². The zero-order valence-corrected chi connectivity index (χ0v) is 18.6. The summed E-state index contributed by atoms with van der Waals surface area (Å²) in [6.07, 6.45) is 3.48. The van der Waals surface area contributed by atoms with Crippen LogP contribution in [0.25, 0.3) is 0 Å². The third kappa shape index (κ3) is 6.43. The first-order valence-electron chi connectivity index (χ1n) is 11.1. The van der Waals surface area contributed by atoms with Crippen molar-refractivity contribution in [2.24, 2.45) is 0 Å². The predicted octanol–water partition coefficient (Wildman–Crippen LogP) is 4.45. The zero-order chi connectivity index (χ0) is 21.8. The molecule has 0 radical (unpaired) electrons. The van der Waals surface area contributed by atoms with Crippen LogP contribution >= 0.6 is 11.6 Å². The lowest BCUT2D eigenvalue weighted by Gasteiger charge is -2.32. The molecule has 4 rings (SSSR count). The van der Waals surface area contributed by atoms with Crippen LogP contribution in [0.15, 0.2) is 42.5 Å². The van der Waals surface area contributed by atoms with E-state index >= 15 is 0 Å². The first kappa shape index (κ1) is 22.6. The summed E-state index contributed by atoms with van der Waals surface area (Å²) in [5.74, 6) is 0.828. The average molecular weight is 447 g/mol. The van der Waals surface area contributed by atoms with E-state index in [0.717, 1.165) is 35.3 Å². The molecular weight excluding hydrogens is 416 g/mol. The molecule has 2 aromatic rings. The molecule has 31 heavy (non-hydrogen) atoms. The lowest BCUT2D eigenvalue weighted by atomic mass is 9.94. The van der Waals surface area contributed by atoms with Crippen LogP contribution in [-0.4, -0.2) is 47.8 Å². The molecule has 1 aliphatic carbocycles. The first-order valence-corrected chi connectivity index (χ1v) is 11.5. The maximum absolute atomic E-state index is 10.1. The van der Waals surface area contributed by atoms with Crippen LogP contribution in [0.2, 0.25) is 5.02 Å². The molecule has 2 fully saturated rings. The van der Waals surface area contributed by atoms with E-state index in [1.807, 2.05) is 49.4 Å². The first-order chi connectivity index (χ1) is 15.0. The molecule has 2 N–H and O–H groups in total. The van der Waals surface area contributed by atoms with Gasteiger partial charge in [-0.25, -0.2) is 0 Å². The summed E-state index contributed by atoms with van der Waals surface area (Å²) < 4.78 is 17.6. The number of aliphatic hydroxyl groups is 2. The van der Waals surface area contributed by atoms with Crippen LogP contribution in [-0.2, 0) is 15.9 Å². The van der Waals surface area contributed by atoms with E-state index in [9.17, 15) is 10.2 Å². The molecular formula is C25H31ClO5. The molecule has 5 nitrogen and oxygen atoms in total. The minimum absolute atomic E-state index is 0.0894. The summed E-state index contributed by atoms with van der Waals surface area (Å²) in [6, 6.07) is 13.9. The lowest BCUT2D eigenvalue weighted by molar-refractivity contribution is -0.113. The maximum atomic E-state index is 10.1. The summed E-state index contributed by atoms with van der Waals surface area (Å²) in [4.78, 5) is 0. The van der Waals surface area contributed by atoms with Crippen LogP contribution in [0.5, 0.6) is 5.75 Å². The Morgan fingerprint density at radius 2 is 1.90 bits per heavy atom. The Labute approximate surface area is 188 Å². The van der Waals surface area contributed by atoms with Gasteiger partial charge in [-0.2, -0.15) is 0 Å². The van der Waals surface area contributed by atoms with Crippen molar-refractivity contribution in [3.05, 3.63) is 64.2 Å². The fraction of sp³-hybridized carbons (Fsp3) is 0.520. The lowest BCUT2D eigenvalue weighted by Crippen LogP contribution is -2.33. The third-order valence-corrected chi connectivity index (χ3v) is 6.14. The molecule has 168 valence electrons. The molecule has 0 amide bonds. The Bertz CT molecular complexity index is 851. The molecule has 1 heterocycles. The van der Waals surface area contributed by atoms with Gasteiger partial charge in [0.2, 0.25) is 0 Å². The van der Waals surface area contributed by atoms with Gasteiger partial charge in [-0.3, -0.25) is 0 Å². The van der Waals surface area contributed by atoms with Gasteiger partial charge in [-0.15, -0.1) is 0 Å². The van der Waals surface area contributed by atoms with Crippen molar-refractivity contribution in [3.8, 4) is 5.75 Å². The standard InChI is InChI=1S/C25H31ClO5/c1-16(30-22-7-8-22)15-29-21-5-2-17(3-6-21)10-19-11-18(4-9-24(19)26)25-13-20(28)12-23(14-27)31-25/h2-6,9,11,16,20,22-23,25,27-28H,7-8,10,12-15H2,1H3/t16?,20?,23?,25-/m1/s1. The van der Waals surface area contributed by atoms with Crippen LogP contribution in [0.3, 0.4) is 0 Å². The van der Waals surface area contributed by atoms with E-state index in [2.05, 4.69) is 0 Å². The van der Waals surface area contributed by atoms with Crippen LogP contribution in [0, 0.1) is 0 Å². The number of rotatable bonds is 9. The van der Waals surface area contributed by atoms with Gasteiger partial charge in [0.15, 0.2) is 0 Å². The summed E-state index contributed by atoms with van der Waals surface area (Å²) >= 11 is 6.46. The summed E-state index contributed by atoms with van der Waals surface area (Å²) in [6.45, 7) is 2.50. The van der Waals surface area contributed by atoms with Crippen molar-refractivity contribution in [1.29, 1.82) is 0 Å². The average Bonchev–Trinajstić information content (AvgIpc) is 3.58. The smallest absolute Gasteiger partial charge is 0.119 e. The highest BCUT2D eigenvalue weighted by atomic mass is 35.5. The van der Waals surface area contributed by atoms with Gasteiger partial charge in [0.25, 0.3) is 0 Å². The van der Waals surface area contributed by atoms with Crippen LogP contribution in [0.1, 0.15) is 55.4 Å². The molecule has 0 spiro atoms. The molecule has 0 aromatic heterocycles.